The van der Waals surface area contributed by atoms with Crippen molar-refractivity contribution in [3.8, 4) is 0 Å². The largest absolute Gasteiger partial charge is 0.456 e. The number of hydrogen-bond donors (Lipinski definition) is 1. The van der Waals surface area contributed by atoms with E-state index in [0.29, 0.717) is 16.4 Å². The molecule has 5 aromatic rings. The third kappa shape index (κ3) is 4.09. The standard InChI is InChI=1S/C27H18ClN3O/c28-21-10-6-9-20(16-21)27(31-26(29)19-7-2-1-3-8-19)30-17-18-13-14-23-22-11-4-5-12-24(22)32-25(23)15-18/h1-17,29H/b29-26?,30-17+,31-27-. The van der Waals surface area contributed by atoms with Crippen LogP contribution in [0, 0.1) is 5.41 Å². The van der Waals surface area contributed by atoms with Gasteiger partial charge >= 0.3 is 0 Å². The highest BCUT2D eigenvalue weighted by Crippen LogP contribution is 2.28. The topological polar surface area (TPSA) is 61.7 Å². The Kier molecular flexibility index (Phi) is 5.36. The van der Waals surface area contributed by atoms with Crippen LogP contribution in [0.5, 0.6) is 0 Å². The van der Waals surface area contributed by atoms with Gasteiger partial charge in [-0.3, -0.25) is 5.41 Å². The first-order chi connectivity index (χ1) is 15.7. The second kappa shape index (κ2) is 8.61. The van der Waals surface area contributed by atoms with Gasteiger partial charge in [-0.1, -0.05) is 78.3 Å². The smallest absolute Gasteiger partial charge is 0.161 e. The van der Waals surface area contributed by atoms with Gasteiger partial charge in [-0.2, -0.15) is 0 Å². The lowest BCUT2D eigenvalue weighted by Gasteiger charge is -2.04. The molecule has 0 aliphatic carbocycles. The zero-order valence-electron chi connectivity index (χ0n) is 17.0. The third-order valence-corrected chi connectivity index (χ3v) is 5.32. The molecular formula is C27H18ClN3O. The molecule has 0 saturated carbocycles. The number of benzene rings is 4. The van der Waals surface area contributed by atoms with Gasteiger partial charge in [-0.05, 0) is 35.9 Å². The molecule has 0 atom stereocenters. The number of nitrogens with zero attached hydrogens (tertiary/aromatic N) is 2. The minimum absolute atomic E-state index is 0.130. The summed E-state index contributed by atoms with van der Waals surface area (Å²) in [6.45, 7) is 0. The predicted octanol–water partition coefficient (Wildman–Crippen LogP) is 7.13. The normalized spacial score (nSPS) is 12.1. The predicted molar refractivity (Wildman–Crippen MR) is 133 cm³/mol. The van der Waals surface area contributed by atoms with Crippen LogP contribution in [0.25, 0.3) is 21.9 Å². The Hall–Kier alpha value is -4.02. The van der Waals surface area contributed by atoms with Gasteiger partial charge in [0.15, 0.2) is 11.7 Å². The lowest BCUT2D eigenvalue weighted by Crippen LogP contribution is -2.04. The molecule has 32 heavy (non-hydrogen) atoms. The second-order valence-electron chi connectivity index (χ2n) is 7.27. The van der Waals surface area contributed by atoms with Crippen molar-refractivity contribution in [1.29, 1.82) is 5.41 Å². The van der Waals surface area contributed by atoms with E-state index in [1.807, 2.05) is 84.9 Å². The number of halogens is 1. The van der Waals surface area contributed by atoms with E-state index >= 15 is 0 Å². The third-order valence-electron chi connectivity index (χ3n) is 5.09. The van der Waals surface area contributed by atoms with Crippen molar-refractivity contribution in [2.45, 2.75) is 0 Å². The van der Waals surface area contributed by atoms with Crippen LogP contribution in [-0.2, 0) is 0 Å². The molecule has 0 aliphatic heterocycles. The minimum atomic E-state index is 0.130. The Morgan fingerprint density at radius 3 is 2.34 bits per heavy atom. The minimum Gasteiger partial charge on any atom is -0.456 e. The molecular weight excluding hydrogens is 418 g/mol. The van der Waals surface area contributed by atoms with Crippen molar-refractivity contribution in [3.05, 3.63) is 119 Å². The van der Waals surface area contributed by atoms with Gasteiger partial charge in [0.1, 0.15) is 11.2 Å². The zero-order chi connectivity index (χ0) is 21.9. The maximum Gasteiger partial charge on any atom is 0.161 e. The van der Waals surface area contributed by atoms with Crippen LogP contribution in [-0.4, -0.2) is 17.9 Å². The van der Waals surface area contributed by atoms with E-state index in [0.717, 1.165) is 33.1 Å². The summed E-state index contributed by atoms with van der Waals surface area (Å²) in [7, 11) is 0. The molecule has 0 aliphatic rings. The molecule has 4 nitrogen and oxygen atoms in total. The van der Waals surface area contributed by atoms with E-state index in [1.54, 1.807) is 18.3 Å². The Morgan fingerprint density at radius 2 is 1.50 bits per heavy atom. The van der Waals surface area contributed by atoms with Gasteiger partial charge in [0.2, 0.25) is 0 Å². The van der Waals surface area contributed by atoms with Crippen molar-refractivity contribution in [1.82, 2.24) is 0 Å². The van der Waals surface area contributed by atoms with E-state index in [1.165, 1.54) is 0 Å². The van der Waals surface area contributed by atoms with Crippen molar-refractivity contribution >= 4 is 51.4 Å². The zero-order valence-corrected chi connectivity index (χ0v) is 17.8. The average molecular weight is 436 g/mol. The van der Waals surface area contributed by atoms with Crippen LogP contribution < -0.4 is 0 Å². The SMILES string of the molecule is N=C(/N=C(\N=C\c1ccc2c(c1)oc1ccccc12)c1cccc(Cl)c1)c1ccccc1. The fourth-order valence-electron chi connectivity index (χ4n) is 3.52. The summed E-state index contributed by atoms with van der Waals surface area (Å²) in [6, 6.07) is 30.6. The molecule has 0 amide bonds. The molecule has 0 unspecified atom stereocenters. The van der Waals surface area contributed by atoms with Gasteiger partial charge < -0.3 is 4.42 Å². The van der Waals surface area contributed by atoms with Gasteiger partial charge in [-0.25, -0.2) is 9.98 Å². The van der Waals surface area contributed by atoms with Crippen LogP contribution in [0.3, 0.4) is 0 Å². The summed E-state index contributed by atoms with van der Waals surface area (Å²) in [5.41, 5.74) is 3.98. The molecule has 0 bridgehead atoms. The van der Waals surface area contributed by atoms with E-state index < -0.39 is 0 Å². The molecule has 154 valence electrons. The van der Waals surface area contributed by atoms with Crippen molar-refractivity contribution in [3.63, 3.8) is 0 Å². The number of hydrogen-bond acceptors (Lipinski definition) is 2. The van der Waals surface area contributed by atoms with E-state index in [2.05, 4.69) is 9.98 Å². The number of aliphatic imine (C=N–C) groups is 2. The first-order valence-electron chi connectivity index (χ1n) is 10.1. The molecule has 0 radical (unpaired) electrons. The summed E-state index contributed by atoms with van der Waals surface area (Å²) in [5.74, 6) is 0.538. The second-order valence-corrected chi connectivity index (χ2v) is 7.71. The average Bonchev–Trinajstić information content (AvgIpc) is 3.20. The number of nitrogens with one attached hydrogen (secondary N) is 1. The molecule has 0 spiro atoms. The Morgan fingerprint density at radius 1 is 0.750 bits per heavy atom. The van der Waals surface area contributed by atoms with Crippen molar-refractivity contribution < 1.29 is 4.42 Å². The molecule has 0 saturated heterocycles. The Bertz CT molecular complexity index is 1500. The number of fused-ring (bicyclic) bond motifs is 3. The Labute approximate surface area is 190 Å². The maximum atomic E-state index is 8.41. The fraction of sp³-hybridized carbons (Fsp3) is 0. The summed E-state index contributed by atoms with van der Waals surface area (Å²) in [5, 5.41) is 11.1. The van der Waals surface area contributed by atoms with E-state index in [4.69, 9.17) is 21.4 Å². The number of rotatable bonds is 3. The monoisotopic (exact) mass is 435 g/mol. The van der Waals surface area contributed by atoms with Crippen LogP contribution in [0.15, 0.2) is 111 Å². The van der Waals surface area contributed by atoms with Gasteiger partial charge in [0.25, 0.3) is 0 Å². The maximum absolute atomic E-state index is 8.41. The molecule has 5 rings (SSSR count). The van der Waals surface area contributed by atoms with E-state index in [9.17, 15) is 0 Å². The summed E-state index contributed by atoms with van der Waals surface area (Å²) >= 11 is 6.19. The quantitative estimate of drug-likeness (QED) is 0.238. The highest BCUT2D eigenvalue weighted by atomic mass is 35.5. The molecule has 1 heterocycles. The molecule has 4 aromatic carbocycles. The lowest BCUT2D eigenvalue weighted by atomic mass is 10.1. The Balaban J connectivity index is 1.53. The van der Waals surface area contributed by atoms with Crippen LogP contribution >= 0.6 is 11.6 Å². The summed E-state index contributed by atoms with van der Waals surface area (Å²) in [6.07, 6.45) is 1.73. The number of amidine groups is 2. The molecule has 0 fully saturated rings. The lowest BCUT2D eigenvalue weighted by molar-refractivity contribution is 0.669. The molecule has 5 heteroatoms. The summed E-state index contributed by atoms with van der Waals surface area (Å²) < 4.78 is 5.98. The van der Waals surface area contributed by atoms with Gasteiger partial charge in [0.05, 0.1) is 0 Å². The van der Waals surface area contributed by atoms with Crippen molar-refractivity contribution in [2.24, 2.45) is 9.98 Å². The molecule has 1 N–H and O–H groups in total. The highest BCUT2D eigenvalue weighted by Gasteiger charge is 2.08. The molecule has 1 aromatic heterocycles. The van der Waals surface area contributed by atoms with Crippen molar-refractivity contribution in [2.75, 3.05) is 0 Å². The van der Waals surface area contributed by atoms with Gasteiger partial charge in [0, 0.05) is 33.1 Å². The van der Waals surface area contributed by atoms with Gasteiger partial charge in [-0.15, -0.1) is 0 Å². The van der Waals surface area contributed by atoms with Crippen LogP contribution in [0.2, 0.25) is 5.02 Å². The number of furan rings is 1. The first-order valence-corrected chi connectivity index (χ1v) is 10.5. The first kappa shape index (κ1) is 19.9. The summed E-state index contributed by atoms with van der Waals surface area (Å²) in [4.78, 5) is 9.11. The highest BCUT2D eigenvalue weighted by molar-refractivity contribution is 6.31. The number of para-hydroxylation sites is 1. The van der Waals surface area contributed by atoms with Crippen LogP contribution in [0.1, 0.15) is 16.7 Å². The fourth-order valence-corrected chi connectivity index (χ4v) is 3.71. The van der Waals surface area contributed by atoms with E-state index in [-0.39, 0.29) is 5.84 Å². The van der Waals surface area contributed by atoms with Crippen LogP contribution in [0.4, 0.5) is 0 Å².